The molecule has 1 aromatic carbocycles. The third-order valence-corrected chi connectivity index (χ3v) is 2.93. The number of hydrogen-bond donors (Lipinski definition) is 2. The molecule has 0 radical (unpaired) electrons. The predicted octanol–water partition coefficient (Wildman–Crippen LogP) is 2.21. The molecule has 0 spiro atoms. The van der Waals surface area contributed by atoms with Gasteiger partial charge in [-0.2, -0.15) is 8.78 Å². The summed E-state index contributed by atoms with van der Waals surface area (Å²) in [4.78, 5) is 26.1. The van der Waals surface area contributed by atoms with Gasteiger partial charge in [0.25, 0.3) is 11.5 Å². The number of nitrogens with one attached hydrogen (secondary N) is 2. The summed E-state index contributed by atoms with van der Waals surface area (Å²) < 4.78 is 29.0. The molecule has 0 fully saturated rings. The van der Waals surface area contributed by atoms with Crippen molar-refractivity contribution in [2.75, 3.05) is 0 Å². The van der Waals surface area contributed by atoms with Crippen LogP contribution in [0.25, 0.3) is 0 Å². The van der Waals surface area contributed by atoms with Gasteiger partial charge in [0.05, 0.1) is 0 Å². The van der Waals surface area contributed by atoms with Gasteiger partial charge in [0, 0.05) is 17.8 Å². The van der Waals surface area contributed by atoms with Crippen LogP contribution >= 0.6 is 0 Å². The number of H-pyrrole nitrogens is 1. The van der Waals surface area contributed by atoms with Gasteiger partial charge < -0.3 is 15.0 Å². The number of hydrogen-bond acceptors (Lipinski definition) is 3. The molecule has 5 nitrogen and oxygen atoms in total. The van der Waals surface area contributed by atoms with Gasteiger partial charge in [0.2, 0.25) is 0 Å². The summed E-state index contributed by atoms with van der Waals surface area (Å²) in [6.07, 6.45) is 0. The highest BCUT2D eigenvalue weighted by molar-refractivity contribution is 5.93. The predicted molar refractivity (Wildman–Crippen MR) is 76.0 cm³/mol. The normalized spacial score (nSPS) is 10.5. The highest BCUT2D eigenvalue weighted by Crippen LogP contribution is 2.19. The van der Waals surface area contributed by atoms with Crippen molar-refractivity contribution in [1.82, 2.24) is 10.3 Å². The fraction of sp³-hybridized carbons (Fsp3) is 0.200. The van der Waals surface area contributed by atoms with Crippen molar-refractivity contribution < 1.29 is 18.3 Å². The van der Waals surface area contributed by atoms with Gasteiger partial charge in [0.1, 0.15) is 11.3 Å². The van der Waals surface area contributed by atoms with E-state index in [0.29, 0.717) is 11.3 Å². The summed E-state index contributed by atoms with van der Waals surface area (Å²) in [6.45, 7) is -1.28. The van der Waals surface area contributed by atoms with Crippen molar-refractivity contribution in [3.05, 3.63) is 63.6 Å². The number of alkyl halides is 2. The van der Waals surface area contributed by atoms with Crippen LogP contribution in [0, 0.1) is 6.92 Å². The van der Waals surface area contributed by atoms with E-state index < -0.39 is 18.1 Å². The zero-order chi connectivity index (χ0) is 16.1. The Kier molecular flexibility index (Phi) is 4.88. The van der Waals surface area contributed by atoms with Crippen molar-refractivity contribution in [2.24, 2.45) is 0 Å². The fourth-order valence-electron chi connectivity index (χ4n) is 1.88. The quantitative estimate of drug-likeness (QED) is 0.889. The maximum Gasteiger partial charge on any atom is 0.387 e. The van der Waals surface area contributed by atoms with Gasteiger partial charge in [-0.25, -0.2) is 0 Å². The van der Waals surface area contributed by atoms with Gasteiger partial charge in [0.15, 0.2) is 0 Å². The number of halogens is 2. The largest absolute Gasteiger partial charge is 0.434 e. The number of pyridine rings is 1. The average Bonchev–Trinajstić information content (AvgIpc) is 2.45. The van der Waals surface area contributed by atoms with E-state index in [1.54, 1.807) is 31.2 Å². The SMILES string of the molecule is Cc1ccc(C(=O)NCc2ccccc2OC(F)F)c(=O)[nH]1. The minimum Gasteiger partial charge on any atom is -0.434 e. The van der Waals surface area contributed by atoms with E-state index in [4.69, 9.17) is 0 Å². The first-order valence-corrected chi connectivity index (χ1v) is 6.48. The van der Waals surface area contributed by atoms with Crippen LogP contribution in [0.4, 0.5) is 8.78 Å². The highest BCUT2D eigenvalue weighted by atomic mass is 19.3. The van der Waals surface area contributed by atoms with Crippen molar-refractivity contribution >= 4 is 5.91 Å². The van der Waals surface area contributed by atoms with Crippen LogP contribution in [0.3, 0.4) is 0 Å². The number of aryl methyl sites for hydroxylation is 1. The van der Waals surface area contributed by atoms with Crippen LogP contribution < -0.4 is 15.6 Å². The van der Waals surface area contributed by atoms with E-state index in [2.05, 4.69) is 15.0 Å². The van der Waals surface area contributed by atoms with Gasteiger partial charge in [-0.1, -0.05) is 18.2 Å². The van der Waals surface area contributed by atoms with Gasteiger partial charge in [-0.15, -0.1) is 0 Å². The van der Waals surface area contributed by atoms with Crippen molar-refractivity contribution in [3.8, 4) is 5.75 Å². The Hall–Kier alpha value is -2.70. The molecule has 2 aromatic rings. The molecule has 2 rings (SSSR count). The maximum absolute atomic E-state index is 12.3. The number of amides is 1. The molecular formula is C15H14F2N2O3. The van der Waals surface area contributed by atoms with Crippen LogP contribution in [-0.2, 0) is 6.54 Å². The van der Waals surface area contributed by atoms with Crippen LogP contribution in [0.1, 0.15) is 21.6 Å². The zero-order valence-corrected chi connectivity index (χ0v) is 11.7. The molecule has 0 aliphatic rings. The second-order valence-corrected chi connectivity index (χ2v) is 4.55. The summed E-state index contributed by atoms with van der Waals surface area (Å²) in [6, 6.07) is 9.13. The molecular weight excluding hydrogens is 294 g/mol. The molecule has 116 valence electrons. The molecule has 2 N–H and O–H groups in total. The number of para-hydroxylation sites is 1. The topological polar surface area (TPSA) is 71.2 Å². The lowest BCUT2D eigenvalue weighted by Gasteiger charge is -2.11. The highest BCUT2D eigenvalue weighted by Gasteiger charge is 2.13. The number of aromatic nitrogens is 1. The number of carbonyl (C=O) groups excluding carboxylic acids is 1. The Bertz CT molecular complexity index is 729. The lowest BCUT2D eigenvalue weighted by atomic mass is 10.2. The molecule has 0 atom stereocenters. The molecule has 22 heavy (non-hydrogen) atoms. The Morgan fingerprint density at radius 3 is 2.68 bits per heavy atom. The van der Waals surface area contributed by atoms with Crippen LogP contribution in [0.2, 0.25) is 0 Å². The molecule has 7 heteroatoms. The molecule has 0 aliphatic heterocycles. The third-order valence-electron chi connectivity index (χ3n) is 2.93. The van der Waals surface area contributed by atoms with E-state index in [1.807, 2.05) is 0 Å². The lowest BCUT2D eigenvalue weighted by Crippen LogP contribution is -2.29. The van der Waals surface area contributed by atoms with Gasteiger partial charge >= 0.3 is 6.61 Å². The van der Waals surface area contributed by atoms with E-state index in [9.17, 15) is 18.4 Å². The summed E-state index contributed by atoms with van der Waals surface area (Å²) in [7, 11) is 0. The molecule has 0 saturated heterocycles. The molecule has 0 saturated carbocycles. The van der Waals surface area contributed by atoms with Gasteiger partial charge in [-0.05, 0) is 25.1 Å². The standard InChI is InChI=1S/C15H14F2N2O3/c1-9-6-7-11(14(21)19-9)13(20)18-8-10-4-2-3-5-12(10)22-15(16)17/h2-7,15H,8H2,1H3,(H,18,20)(H,19,21). The Morgan fingerprint density at radius 1 is 1.27 bits per heavy atom. The van der Waals surface area contributed by atoms with Crippen LogP contribution in [0.5, 0.6) is 5.75 Å². The van der Waals surface area contributed by atoms with Gasteiger partial charge in [-0.3, -0.25) is 9.59 Å². The fourth-order valence-corrected chi connectivity index (χ4v) is 1.88. The number of ether oxygens (including phenoxy) is 1. The first kappa shape index (κ1) is 15.7. The number of carbonyl (C=O) groups is 1. The molecule has 1 aromatic heterocycles. The van der Waals surface area contributed by atoms with E-state index in [1.165, 1.54) is 12.1 Å². The maximum atomic E-state index is 12.3. The first-order valence-electron chi connectivity index (χ1n) is 6.48. The van der Waals surface area contributed by atoms with Crippen LogP contribution in [-0.4, -0.2) is 17.5 Å². The van der Waals surface area contributed by atoms with E-state index in [-0.39, 0.29) is 17.9 Å². The lowest BCUT2D eigenvalue weighted by molar-refractivity contribution is -0.0504. The summed E-state index contributed by atoms with van der Waals surface area (Å²) in [5.41, 5.74) is 0.476. The molecule has 1 amide bonds. The molecule has 1 heterocycles. The third kappa shape index (κ3) is 3.91. The summed E-state index contributed by atoms with van der Waals surface area (Å²) in [5.74, 6) is -0.608. The number of aromatic amines is 1. The Balaban J connectivity index is 2.10. The number of benzene rings is 1. The molecule has 0 unspecified atom stereocenters. The van der Waals surface area contributed by atoms with Crippen molar-refractivity contribution in [2.45, 2.75) is 20.1 Å². The molecule has 0 bridgehead atoms. The first-order chi connectivity index (χ1) is 10.5. The molecule has 0 aliphatic carbocycles. The number of rotatable bonds is 5. The minimum absolute atomic E-state index is 0.0179. The zero-order valence-electron chi connectivity index (χ0n) is 11.7. The second kappa shape index (κ2) is 6.84. The summed E-state index contributed by atoms with van der Waals surface area (Å²) in [5, 5.41) is 2.51. The average molecular weight is 308 g/mol. The minimum atomic E-state index is -2.95. The smallest absolute Gasteiger partial charge is 0.387 e. The van der Waals surface area contributed by atoms with Crippen molar-refractivity contribution in [3.63, 3.8) is 0 Å². The van der Waals surface area contributed by atoms with E-state index in [0.717, 1.165) is 0 Å². The monoisotopic (exact) mass is 308 g/mol. The van der Waals surface area contributed by atoms with E-state index >= 15 is 0 Å². The van der Waals surface area contributed by atoms with Crippen molar-refractivity contribution in [1.29, 1.82) is 0 Å². The Labute approximate surface area is 124 Å². The van der Waals surface area contributed by atoms with Crippen LogP contribution in [0.15, 0.2) is 41.2 Å². The Morgan fingerprint density at radius 2 is 2.00 bits per heavy atom. The second-order valence-electron chi connectivity index (χ2n) is 4.55. The summed E-state index contributed by atoms with van der Waals surface area (Å²) >= 11 is 0.